The van der Waals surface area contributed by atoms with Gasteiger partial charge >= 0.3 is 0 Å². The lowest BCUT2D eigenvalue weighted by Gasteiger charge is -2.15. The fraction of sp³-hybridized carbons (Fsp3) is 0.278. The first-order valence-corrected chi connectivity index (χ1v) is 10.4. The summed E-state index contributed by atoms with van der Waals surface area (Å²) in [5.74, 6) is 0.0397. The number of nitrogens with one attached hydrogen (secondary N) is 1. The average Bonchev–Trinajstić information content (AvgIpc) is 3.15. The monoisotopic (exact) mass is 422 g/mol. The van der Waals surface area contributed by atoms with Gasteiger partial charge in [0.25, 0.3) is 5.91 Å². The number of rotatable bonds is 5. The van der Waals surface area contributed by atoms with Crippen molar-refractivity contribution in [3.8, 4) is 0 Å². The molecule has 1 aliphatic heterocycles. The fourth-order valence-electron chi connectivity index (χ4n) is 2.79. The van der Waals surface area contributed by atoms with Crippen LogP contribution in [0, 0.1) is 0 Å². The van der Waals surface area contributed by atoms with Gasteiger partial charge in [-0.15, -0.1) is 0 Å². The normalized spacial score (nSPS) is 14.7. The highest BCUT2D eigenvalue weighted by atomic mass is 79.9. The van der Waals surface area contributed by atoms with Gasteiger partial charge in [-0.05, 0) is 58.6 Å². The van der Waals surface area contributed by atoms with Crippen molar-refractivity contribution in [2.75, 3.05) is 13.1 Å². The topological polar surface area (TPSA) is 66.5 Å². The van der Waals surface area contributed by atoms with Crippen molar-refractivity contribution in [2.24, 2.45) is 0 Å². The molecular weight excluding hydrogens is 404 g/mol. The molecule has 0 saturated carbocycles. The van der Waals surface area contributed by atoms with Gasteiger partial charge in [-0.1, -0.05) is 24.3 Å². The Bertz CT molecular complexity index is 860. The average molecular weight is 423 g/mol. The molecule has 0 spiro atoms. The summed E-state index contributed by atoms with van der Waals surface area (Å²) in [5, 5.41) is 0. The molecule has 1 N–H and O–H groups in total. The van der Waals surface area contributed by atoms with Gasteiger partial charge in [0.15, 0.2) is 0 Å². The van der Waals surface area contributed by atoms with Crippen LogP contribution < -0.4 is 4.72 Å². The van der Waals surface area contributed by atoms with Crippen LogP contribution in [-0.2, 0) is 16.6 Å². The highest BCUT2D eigenvalue weighted by Gasteiger charge is 2.20. The minimum Gasteiger partial charge on any atom is -0.339 e. The molecule has 0 unspecified atom stereocenters. The standard InChI is InChI=1S/C18H19BrN2O3S/c19-16-5-1-2-6-17(16)25(23,24)20-13-14-7-9-15(10-8-14)18(22)21-11-3-4-12-21/h1-2,5-10,20H,3-4,11-13H2. The molecule has 0 aromatic heterocycles. The second kappa shape index (κ2) is 7.68. The van der Waals surface area contributed by atoms with Crippen LogP contribution in [-0.4, -0.2) is 32.3 Å². The Morgan fingerprint density at radius 1 is 1.04 bits per heavy atom. The number of carbonyl (C=O) groups excluding carboxylic acids is 1. The molecule has 1 amide bonds. The van der Waals surface area contributed by atoms with E-state index in [9.17, 15) is 13.2 Å². The number of sulfonamides is 1. The van der Waals surface area contributed by atoms with Gasteiger partial charge in [0.1, 0.15) is 0 Å². The van der Waals surface area contributed by atoms with Gasteiger partial charge in [0.2, 0.25) is 10.0 Å². The van der Waals surface area contributed by atoms with Crippen molar-refractivity contribution in [1.82, 2.24) is 9.62 Å². The zero-order chi connectivity index (χ0) is 17.9. The first-order chi connectivity index (χ1) is 12.0. The lowest BCUT2D eigenvalue weighted by Crippen LogP contribution is -2.27. The molecule has 3 rings (SSSR count). The quantitative estimate of drug-likeness (QED) is 0.804. The Morgan fingerprint density at radius 2 is 1.68 bits per heavy atom. The maximum absolute atomic E-state index is 12.4. The molecule has 1 fully saturated rings. The maximum atomic E-state index is 12.4. The van der Waals surface area contributed by atoms with Crippen molar-refractivity contribution in [1.29, 1.82) is 0 Å². The van der Waals surface area contributed by atoms with E-state index in [4.69, 9.17) is 0 Å². The van der Waals surface area contributed by atoms with E-state index in [1.807, 2.05) is 4.90 Å². The van der Waals surface area contributed by atoms with E-state index in [1.165, 1.54) is 0 Å². The Balaban J connectivity index is 1.66. The van der Waals surface area contributed by atoms with Crippen molar-refractivity contribution >= 4 is 31.9 Å². The van der Waals surface area contributed by atoms with Crippen molar-refractivity contribution in [2.45, 2.75) is 24.3 Å². The molecule has 1 heterocycles. The van der Waals surface area contributed by atoms with Crippen LogP contribution in [0.1, 0.15) is 28.8 Å². The van der Waals surface area contributed by atoms with E-state index >= 15 is 0 Å². The third-order valence-electron chi connectivity index (χ3n) is 4.19. The molecule has 1 aliphatic rings. The number of amides is 1. The number of halogens is 1. The number of hydrogen-bond acceptors (Lipinski definition) is 3. The molecule has 0 atom stereocenters. The number of carbonyl (C=O) groups is 1. The molecule has 1 saturated heterocycles. The van der Waals surface area contributed by atoms with E-state index < -0.39 is 10.0 Å². The Labute approximate surface area is 156 Å². The second-order valence-corrected chi connectivity index (χ2v) is 8.54. The van der Waals surface area contributed by atoms with Crippen molar-refractivity contribution in [3.63, 3.8) is 0 Å². The van der Waals surface area contributed by atoms with E-state index in [0.717, 1.165) is 31.5 Å². The summed E-state index contributed by atoms with van der Waals surface area (Å²) < 4.78 is 27.9. The van der Waals surface area contributed by atoms with E-state index in [0.29, 0.717) is 10.0 Å². The summed E-state index contributed by atoms with van der Waals surface area (Å²) in [6.45, 7) is 1.79. The fourth-order valence-corrected chi connectivity index (χ4v) is 4.81. The van der Waals surface area contributed by atoms with Crippen molar-refractivity contribution < 1.29 is 13.2 Å². The third-order valence-corrected chi connectivity index (χ3v) is 6.60. The number of likely N-dealkylation sites (tertiary alicyclic amines) is 1. The predicted molar refractivity (Wildman–Crippen MR) is 99.7 cm³/mol. The van der Waals surface area contributed by atoms with Gasteiger partial charge in [0.05, 0.1) is 4.90 Å². The van der Waals surface area contributed by atoms with E-state index in [2.05, 4.69) is 20.7 Å². The smallest absolute Gasteiger partial charge is 0.253 e. The summed E-state index contributed by atoms with van der Waals surface area (Å²) in [5.41, 5.74) is 1.44. The largest absolute Gasteiger partial charge is 0.339 e. The van der Waals surface area contributed by atoms with E-state index in [1.54, 1.807) is 48.5 Å². The van der Waals surface area contributed by atoms with Crippen LogP contribution >= 0.6 is 15.9 Å². The molecule has 2 aromatic rings. The Hall–Kier alpha value is -1.70. The third kappa shape index (κ3) is 4.29. The molecule has 0 bridgehead atoms. The Kier molecular flexibility index (Phi) is 5.56. The first kappa shape index (κ1) is 18.1. The minimum absolute atomic E-state index is 0.0397. The molecule has 0 radical (unpaired) electrons. The van der Waals surface area contributed by atoms with Gasteiger partial charge in [-0.3, -0.25) is 4.79 Å². The summed E-state index contributed by atoms with van der Waals surface area (Å²) in [6.07, 6.45) is 2.11. The molecule has 5 nitrogen and oxygen atoms in total. The maximum Gasteiger partial charge on any atom is 0.253 e. The molecule has 7 heteroatoms. The number of nitrogens with zero attached hydrogens (tertiary/aromatic N) is 1. The highest BCUT2D eigenvalue weighted by molar-refractivity contribution is 9.10. The summed E-state index contributed by atoms with van der Waals surface area (Å²) >= 11 is 3.25. The molecule has 2 aromatic carbocycles. The van der Waals surface area contributed by atoms with Gasteiger partial charge in [-0.2, -0.15) is 0 Å². The van der Waals surface area contributed by atoms with Gasteiger partial charge < -0.3 is 4.90 Å². The molecule has 0 aliphatic carbocycles. The second-order valence-electron chi connectivity index (χ2n) is 5.95. The molecular formula is C18H19BrN2O3S. The van der Waals surface area contributed by atoms with E-state index in [-0.39, 0.29) is 17.3 Å². The number of benzene rings is 2. The highest BCUT2D eigenvalue weighted by Crippen LogP contribution is 2.21. The first-order valence-electron chi connectivity index (χ1n) is 8.10. The lowest BCUT2D eigenvalue weighted by atomic mass is 10.1. The summed E-state index contributed by atoms with van der Waals surface area (Å²) in [6, 6.07) is 13.7. The lowest BCUT2D eigenvalue weighted by molar-refractivity contribution is 0.0793. The Morgan fingerprint density at radius 3 is 2.32 bits per heavy atom. The van der Waals surface area contributed by atoms with Crippen LogP contribution in [0.2, 0.25) is 0 Å². The van der Waals surface area contributed by atoms with Crippen LogP contribution in [0.25, 0.3) is 0 Å². The van der Waals surface area contributed by atoms with Crippen LogP contribution in [0.3, 0.4) is 0 Å². The summed E-state index contributed by atoms with van der Waals surface area (Å²) in [7, 11) is -3.60. The van der Waals surface area contributed by atoms with Crippen molar-refractivity contribution in [3.05, 3.63) is 64.1 Å². The van der Waals surface area contributed by atoms with Gasteiger partial charge in [-0.25, -0.2) is 13.1 Å². The SMILES string of the molecule is O=C(c1ccc(CNS(=O)(=O)c2ccccc2Br)cc1)N1CCCC1. The van der Waals surface area contributed by atoms with Gasteiger partial charge in [0, 0.05) is 29.7 Å². The zero-order valence-electron chi connectivity index (χ0n) is 13.6. The molecule has 132 valence electrons. The summed E-state index contributed by atoms with van der Waals surface area (Å²) in [4.78, 5) is 14.4. The predicted octanol–water partition coefficient (Wildman–Crippen LogP) is 3.16. The minimum atomic E-state index is -3.60. The number of hydrogen-bond donors (Lipinski definition) is 1. The van der Waals surface area contributed by atoms with Crippen LogP contribution in [0.5, 0.6) is 0 Å². The zero-order valence-corrected chi connectivity index (χ0v) is 16.0. The van der Waals surface area contributed by atoms with Crippen LogP contribution in [0.4, 0.5) is 0 Å². The van der Waals surface area contributed by atoms with Crippen LogP contribution in [0.15, 0.2) is 57.9 Å². The molecule has 25 heavy (non-hydrogen) atoms.